The Balaban J connectivity index is 1.65. The van der Waals surface area contributed by atoms with Gasteiger partial charge in [0.1, 0.15) is 11.6 Å². The summed E-state index contributed by atoms with van der Waals surface area (Å²) in [6.45, 7) is 6.58. The molecule has 5 rings (SSSR count). The van der Waals surface area contributed by atoms with Crippen molar-refractivity contribution in [2.75, 3.05) is 26.7 Å². The number of carbonyl (C=O) groups is 3. The summed E-state index contributed by atoms with van der Waals surface area (Å²) in [5, 5.41) is 10.3. The summed E-state index contributed by atoms with van der Waals surface area (Å²) >= 11 is 0. The monoisotopic (exact) mass is 493 g/mol. The molecule has 0 saturated carbocycles. The molecular weight excluding hydrogens is 458 g/mol. The maximum atomic E-state index is 14.3. The van der Waals surface area contributed by atoms with E-state index in [0.717, 1.165) is 5.56 Å². The van der Waals surface area contributed by atoms with E-state index in [9.17, 15) is 19.5 Å². The molecule has 1 spiro atoms. The maximum Gasteiger partial charge on any atom is 0.249 e. The van der Waals surface area contributed by atoms with Crippen LogP contribution < -0.4 is 0 Å². The highest BCUT2D eigenvalue weighted by Crippen LogP contribution is 2.58. The third-order valence-corrected chi connectivity index (χ3v) is 8.31. The van der Waals surface area contributed by atoms with Crippen LogP contribution in [0.5, 0.6) is 0 Å². The van der Waals surface area contributed by atoms with E-state index in [2.05, 4.69) is 0 Å². The fourth-order valence-corrected chi connectivity index (χ4v) is 6.55. The van der Waals surface area contributed by atoms with Gasteiger partial charge in [0.25, 0.3) is 0 Å². The van der Waals surface area contributed by atoms with E-state index in [1.165, 1.54) is 4.90 Å². The van der Waals surface area contributed by atoms with Gasteiger partial charge in [-0.3, -0.25) is 14.4 Å². The summed E-state index contributed by atoms with van der Waals surface area (Å²) in [6.07, 6.45) is 7.50. The van der Waals surface area contributed by atoms with Crippen molar-refractivity contribution < 1.29 is 24.2 Å². The highest BCUT2D eigenvalue weighted by Gasteiger charge is 2.75. The second kappa shape index (κ2) is 8.85. The molecule has 1 aromatic carbocycles. The molecule has 1 aromatic rings. The average Bonchev–Trinajstić information content (AvgIpc) is 3.12. The van der Waals surface area contributed by atoms with Gasteiger partial charge in [0.15, 0.2) is 0 Å². The van der Waals surface area contributed by atoms with Crippen molar-refractivity contribution in [3.63, 3.8) is 0 Å². The Hall–Kier alpha value is -2.97. The predicted octanol–water partition coefficient (Wildman–Crippen LogP) is 1.60. The number of ether oxygens (including phenoxy) is 1. The summed E-state index contributed by atoms with van der Waals surface area (Å²) in [5.74, 6) is -2.45. The maximum absolute atomic E-state index is 14.3. The first-order chi connectivity index (χ1) is 17.1. The fourth-order valence-electron chi connectivity index (χ4n) is 6.55. The summed E-state index contributed by atoms with van der Waals surface area (Å²) in [6, 6.07) is 8.16. The Morgan fingerprint density at radius 3 is 2.36 bits per heavy atom. The molecule has 1 unspecified atom stereocenters. The zero-order chi connectivity index (χ0) is 25.8. The number of amides is 3. The minimum Gasteiger partial charge on any atom is -0.394 e. The molecule has 0 aromatic heterocycles. The van der Waals surface area contributed by atoms with E-state index in [0.29, 0.717) is 19.6 Å². The quantitative estimate of drug-likeness (QED) is 0.630. The van der Waals surface area contributed by atoms with Gasteiger partial charge in [-0.2, -0.15) is 0 Å². The SMILES string of the molecule is CC(C)[C@H](CO)N1C(=O)[C@@H]2[C@@H]3C(=O)N(C)CC=C[C@]3(C)O[C@@]23C=CCN(Cc2ccccc2)C(=O)C13. The van der Waals surface area contributed by atoms with Crippen molar-refractivity contribution in [2.24, 2.45) is 17.8 Å². The lowest BCUT2D eigenvalue weighted by Gasteiger charge is -2.41. The number of likely N-dealkylation sites (tertiary alicyclic amines) is 1. The number of aliphatic hydroxyl groups excluding tert-OH is 1. The van der Waals surface area contributed by atoms with Crippen LogP contribution in [-0.4, -0.2) is 87.6 Å². The second-order valence-electron chi connectivity index (χ2n) is 11.0. The molecule has 0 radical (unpaired) electrons. The van der Waals surface area contributed by atoms with Gasteiger partial charge in [0, 0.05) is 26.7 Å². The van der Waals surface area contributed by atoms with Crippen LogP contribution in [0.1, 0.15) is 26.3 Å². The average molecular weight is 494 g/mol. The largest absolute Gasteiger partial charge is 0.394 e. The van der Waals surface area contributed by atoms with E-state index in [4.69, 9.17) is 4.74 Å². The van der Waals surface area contributed by atoms with E-state index in [1.54, 1.807) is 16.8 Å². The van der Waals surface area contributed by atoms with Crippen molar-refractivity contribution in [1.82, 2.24) is 14.7 Å². The number of fused-ring (bicyclic) bond motifs is 2. The van der Waals surface area contributed by atoms with E-state index >= 15 is 0 Å². The minimum absolute atomic E-state index is 0.101. The van der Waals surface area contributed by atoms with Gasteiger partial charge < -0.3 is 24.5 Å². The lowest BCUT2D eigenvalue weighted by molar-refractivity contribution is -0.156. The van der Waals surface area contributed by atoms with Crippen LogP contribution in [0.25, 0.3) is 0 Å². The number of hydrogen-bond donors (Lipinski definition) is 1. The summed E-state index contributed by atoms with van der Waals surface area (Å²) < 4.78 is 6.78. The molecule has 4 aliphatic rings. The van der Waals surface area contributed by atoms with Crippen LogP contribution in [0.3, 0.4) is 0 Å². The number of carbonyl (C=O) groups excluding carboxylic acids is 3. The molecule has 8 heteroatoms. The van der Waals surface area contributed by atoms with Crippen molar-refractivity contribution >= 4 is 17.7 Å². The Bertz CT molecular complexity index is 1120. The zero-order valence-electron chi connectivity index (χ0n) is 21.3. The van der Waals surface area contributed by atoms with Crippen LogP contribution in [0.4, 0.5) is 0 Å². The highest BCUT2D eigenvalue weighted by atomic mass is 16.5. The predicted molar refractivity (Wildman–Crippen MR) is 133 cm³/mol. The van der Waals surface area contributed by atoms with E-state index in [1.807, 2.05) is 75.4 Å². The standard InChI is InChI=1S/C28H35N3O5/c1-18(2)20(17-32)31-23-26(35)30(16-19-10-6-5-7-11-19)15-9-13-28(23)22(25(31)34)21-24(33)29(4)14-8-12-27(21,3)36-28/h5-13,18,20-23,32H,14-17H2,1-4H3/t20-,21+,22-,23?,27-,28-/m0/s1. The molecule has 8 nitrogen and oxygen atoms in total. The van der Waals surface area contributed by atoms with Gasteiger partial charge in [-0.25, -0.2) is 0 Å². The smallest absolute Gasteiger partial charge is 0.249 e. The molecule has 3 amide bonds. The Kier molecular flexibility index (Phi) is 6.08. The number of likely N-dealkylation sites (N-methyl/N-ethyl adjacent to an activating group) is 1. The first-order valence-electron chi connectivity index (χ1n) is 12.7. The van der Waals surface area contributed by atoms with E-state index < -0.39 is 35.1 Å². The van der Waals surface area contributed by atoms with Gasteiger partial charge in [-0.1, -0.05) is 68.5 Å². The van der Waals surface area contributed by atoms with Crippen LogP contribution in [0.15, 0.2) is 54.6 Å². The third-order valence-electron chi connectivity index (χ3n) is 8.31. The Labute approximate surface area is 212 Å². The fraction of sp³-hybridized carbons (Fsp3) is 0.536. The lowest BCUT2D eigenvalue weighted by atomic mass is 9.74. The molecule has 6 atom stereocenters. The normalized spacial score (nSPS) is 34.6. The molecule has 4 heterocycles. The lowest BCUT2D eigenvalue weighted by Crippen LogP contribution is -2.59. The molecule has 0 aliphatic carbocycles. The number of hydrogen-bond acceptors (Lipinski definition) is 5. The molecule has 4 aliphatic heterocycles. The van der Waals surface area contributed by atoms with Gasteiger partial charge in [0.2, 0.25) is 17.7 Å². The first-order valence-corrected chi connectivity index (χ1v) is 12.7. The number of rotatable bonds is 5. The van der Waals surface area contributed by atoms with Crippen molar-refractivity contribution in [3.05, 3.63) is 60.2 Å². The number of aliphatic hydroxyl groups is 1. The van der Waals surface area contributed by atoms with Crippen LogP contribution in [0, 0.1) is 17.8 Å². The number of nitrogens with zero attached hydrogens (tertiary/aromatic N) is 3. The van der Waals surface area contributed by atoms with Crippen molar-refractivity contribution in [2.45, 2.75) is 50.6 Å². The van der Waals surface area contributed by atoms with Gasteiger partial charge >= 0.3 is 0 Å². The van der Waals surface area contributed by atoms with Crippen LogP contribution in [-0.2, 0) is 25.7 Å². The first kappa shape index (κ1) is 24.7. The van der Waals surface area contributed by atoms with Gasteiger partial charge in [0.05, 0.1) is 30.1 Å². The topological polar surface area (TPSA) is 90.4 Å². The van der Waals surface area contributed by atoms with Crippen LogP contribution >= 0.6 is 0 Å². The van der Waals surface area contributed by atoms with Crippen molar-refractivity contribution in [1.29, 1.82) is 0 Å². The zero-order valence-corrected chi connectivity index (χ0v) is 21.3. The summed E-state index contributed by atoms with van der Waals surface area (Å²) in [5.41, 5.74) is -1.35. The molecule has 0 bridgehead atoms. The summed E-state index contributed by atoms with van der Waals surface area (Å²) in [4.78, 5) is 47.1. The number of benzene rings is 1. The van der Waals surface area contributed by atoms with E-state index in [-0.39, 0.29) is 30.2 Å². The molecular formula is C28H35N3O5. The minimum atomic E-state index is -1.31. The Morgan fingerprint density at radius 2 is 1.69 bits per heavy atom. The second-order valence-corrected chi connectivity index (χ2v) is 11.0. The van der Waals surface area contributed by atoms with Crippen LogP contribution in [0.2, 0.25) is 0 Å². The van der Waals surface area contributed by atoms with Gasteiger partial charge in [-0.15, -0.1) is 0 Å². The molecule has 192 valence electrons. The highest BCUT2D eigenvalue weighted by molar-refractivity contribution is 6.00. The Morgan fingerprint density at radius 1 is 1.00 bits per heavy atom. The molecule has 2 saturated heterocycles. The summed E-state index contributed by atoms with van der Waals surface area (Å²) in [7, 11) is 1.72. The molecule has 2 fully saturated rings. The van der Waals surface area contributed by atoms with Crippen molar-refractivity contribution in [3.8, 4) is 0 Å². The third kappa shape index (κ3) is 3.53. The van der Waals surface area contributed by atoms with Gasteiger partial charge in [-0.05, 0) is 18.4 Å². The molecule has 36 heavy (non-hydrogen) atoms. The molecule has 1 N–H and O–H groups in total.